The number of esters is 1. The van der Waals surface area contributed by atoms with Gasteiger partial charge in [-0.05, 0) is 27.1 Å². The molecule has 1 unspecified atom stereocenters. The van der Waals surface area contributed by atoms with Crippen LogP contribution in [0.3, 0.4) is 0 Å². The summed E-state index contributed by atoms with van der Waals surface area (Å²) in [4.78, 5) is 23.3. The van der Waals surface area contributed by atoms with Crippen molar-refractivity contribution in [2.75, 3.05) is 7.11 Å². The molecule has 1 atom stereocenters. The Morgan fingerprint density at radius 1 is 1.06 bits per heavy atom. The van der Waals surface area contributed by atoms with Crippen molar-refractivity contribution in [3.05, 3.63) is 89.8 Å². The molecule has 1 aromatic heterocycles. The third kappa shape index (κ3) is 5.83. The molecule has 3 rings (SSSR count). The third-order valence-corrected chi connectivity index (χ3v) is 4.75. The number of Topliss-reactive ketones (excluding diaryl/α,β-unsaturated/α-hetero) is 1. The Labute approximate surface area is 185 Å². The fourth-order valence-electron chi connectivity index (χ4n) is 3.23. The molecule has 0 aliphatic rings. The highest BCUT2D eigenvalue weighted by molar-refractivity contribution is 6.01. The quantitative estimate of drug-likeness (QED) is 0.315. The molecule has 1 N–H and O–H groups in total. The lowest BCUT2D eigenvalue weighted by atomic mass is 9.92. The van der Waals surface area contributed by atoms with Crippen LogP contribution in [0.15, 0.2) is 72.8 Å². The Hall–Kier alpha value is -3.91. The first kappa shape index (κ1) is 22.8. The summed E-state index contributed by atoms with van der Waals surface area (Å²) in [5.74, 6) is -0.546. The summed E-state index contributed by atoms with van der Waals surface area (Å²) in [5.41, 5.74) is 3.43. The van der Waals surface area contributed by atoms with Crippen molar-refractivity contribution in [3.63, 3.8) is 0 Å². The Morgan fingerprint density at radius 3 is 2.16 bits per heavy atom. The number of aliphatic hydroxyl groups excluding tert-OH is 1. The van der Waals surface area contributed by atoms with Crippen LogP contribution < -0.4 is 0 Å². The van der Waals surface area contributed by atoms with Crippen molar-refractivity contribution >= 4 is 22.9 Å². The van der Waals surface area contributed by atoms with Gasteiger partial charge in [-0.15, -0.1) is 5.10 Å². The summed E-state index contributed by atoms with van der Waals surface area (Å²) in [6.45, 7) is 0. The molecule has 0 amide bonds. The van der Waals surface area contributed by atoms with Crippen molar-refractivity contribution in [2.45, 2.75) is 18.9 Å². The predicted molar refractivity (Wildman–Crippen MR) is 119 cm³/mol. The van der Waals surface area contributed by atoms with Gasteiger partial charge < -0.3 is 9.84 Å². The van der Waals surface area contributed by atoms with Gasteiger partial charge >= 0.3 is 5.97 Å². The summed E-state index contributed by atoms with van der Waals surface area (Å²) in [5, 5.41) is 22.3. The minimum Gasteiger partial charge on any atom is -0.469 e. The number of nitrogens with zero attached hydrogens (tertiary/aromatic N) is 4. The lowest BCUT2D eigenvalue weighted by Crippen LogP contribution is -2.15. The van der Waals surface area contributed by atoms with Crippen LogP contribution in [0.2, 0.25) is 0 Å². The normalized spacial score (nSPS) is 11.8. The van der Waals surface area contributed by atoms with Crippen molar-refractivity contribution < 1.29 is 19.4 Å². The average molecular weight is 432 g/mol. The number of rotatable bonds is 9. The zero-order valence-electron chi connectivity index (χ0n) is 17.9. The molecule has 1 heterocycles. The maximum atomic E-state index is 12.0. The van der Waals surface area contributed by atoms with Gasteiger partial charge in [-0.1, -0.05) is 72.8 Å². The molecule has 32 heavy (non-hydrogen) atoms. The van der Waals surface area contributed by atoms with Crippen LogP contribution >= 0.6 is 0 Å². The van der Waals surface area contributed by atoms with E-state index in [9.17, 15) is 14.7 Å². The van der Waals surface area contributed by atoms with Gasteiger partial charge in [0.05, 0.1) is 13.2 Å². The van der Waals surface area contributed by atoms with Crippen LogP contribution in [0.1, 0.15) is 29.8 Å². The van der Waals surface area contributed by atoms with Crippen LogP contribution in [0, 0.1) is 0 Å². The smallest absolute Gasteiger partial charge is 0.313 e. The standard InChI is InChI=1S/C24H24N4O4/c1-28-24(25-26-27-28)21(14-13-19(29)15-20(30)16-22(31)32-2)23(17-9-5-3-6-10-17)18-11-7-4-8-12-18/h3-14,19,29H,15-16H2,1-2H3/b14-13+. The highest BCUT2D eigenvalue weighted by atomic mass is 16.5. The lowest BCUT2D eigenvalue weighted by molar-refractivity contribution is -0.143. The molecule has 0 aliphatic heterocycles. The first-order valence-electron chi connectivity index (χ1n) is 10.0. The van der Waals surface area contributed by atoms with Crippen LogP contribution in [0.4, 0.5) is 0 Å². The van der Waals surface area contributed by atoms with Crippen LogP contribution in [0.5, 0.6) is 0 Å². The molecule has 0 fully saturated rings. The highest BCUT2D eigenvalue weighted by Crippen LogP contribution is 2.32. The number of benzene rings is 2. The molecule has 3 aromatic rings. The Kier molecular flexibility index (Phi) is 7.77. The highest BCUT2D eigenvalue weighted by Gasteiger charge is 2.18. The van der Waals surface area contributed by atoms with Gasteiger partial charge in [-0.25, -0.2) is 4.68 Å². The van der Waals surface area contributed by atoms with E-state index in [0.717, 1.165) is 16.7 Å². The summed E-state index contributed by atoms with van der Waals surface area (Å²) in [6.07, 6.45) is 1.54. The second-order valence-electron chi connectivity index (χ2n) is 7.07. The van der Waals surface area contributed by atoms with Gasteiger partial charge in [0.1, 0.15) is 12.2 Å². The molecule has 0 radical (unpaired) electrons. The van der Waals surface area contributed by atoms with E-state index in [1.807, 2.05) is 60.7 Å². The number of tetrazole rings is 1. The Bertz CT molecular complexity index is 1080. The Balaban J connectivity index is 2.06. The number of ether oxygens (including phenoxy) is 1. The minimum atomic E-state index is -1.09. The molecule has 0 aliphatic carbocycles. The maximum Gasteiger partial charge on any atom is 0.313 e. The van der Waals surface area contributed by atoms with E-state index in [2.05, 4.69) is 20.3 Å². The molecule has 0 spiro atoms. The molecule has 8 heteroatoms. The lowest BCUT2D eigenvalue weighted by Gasteiger charge is -2.14. The average Bonchev–Trinajstić information content (AvgIpc) is 3.23. The summed E-state index contributed by atoms with van der Waals surface area (Å²) in [6, 6.07) is 19.6. The SMILES string of the molecule is COC(=O)CC(=O)CC(O)/C=C/C(=C(c1ccccc1)c1ccccc1)c1nnnn1C. The van der Waals surface area contributed by atoms with E-state index in [4.69, 9.17) is 0 Å². The molecule has 0 saturated heterocycles. The fraction of sp³-hybridized carbons (Fsp3) is 0.208. The summed E-state index contributed by atoms with van der Waals surface area (Å²) in [7, 11) is 2.94. The third-order valence-electron chi connectivity index (χ3n) is 4.75. The zero-order chi connectivity index (χ0) is 22.9. The first-order valence-corrected chi connectivity index (χ1v) is 10.0. The molecular weight excluding hydrogens is 408 g/mol. The van der Waals surface area contributed by atoms with Gasteiger partial charge in [0.15, 0.2) is 5.82 Å². The largest absolute Gasteiger partial charge is 0.469 e. The topological polar surface area (TPSA) is 107 Å². The first-order chi connectivity index (χ1) is 15.5. The van der Waals surface area contributed by atoms with E-state index >= 15 is 0 Å². The zero-order valence-corrected chi connectivity index (χ0v) is 17.9. The maximum absolute atomic E-state index is 12.0. The van der Waals surface area contributed by atoms with E-state index in [-0.39, 0.29) is 12.8 Å². The number of carbonyl (C=O) groups is 2. The van der Waals surface area contributed by atoms with Gasteiger partial charge in [0.25, 0.3) is 0 Å². The number of aryl methyl sites for hydroxylation is 1. The van der Waals surface area contributed by atoms with E-state index < -0.39 is 17.9 Å². The van der Waals surface area contributed by atoms with Gasteiger partial charge in [-0.2, -0.15) is 0 Å². The minimum absolute atomic E-state index is 0.206. The number of hydrogen-bond donors (Lipinski definition) is 1. The Morgan fingerprint density at radius 2 is 1.66 bits per heavy atom. The monoisotopic (exact) mass is 432 g/mol. The molecule has 0 saturated carbocycles. The van der Waals surface area contributed by atoms with Crippen molar-refractivity contribution in [1.29, 1.82) is 0 Å². The predicted octanol–water partition coefficient (Wildman–Crippen LogP) is 2.61. The number of allylic oxidation sites excluding steroid dienone is 2. The van der Waals surface area contributed by atoms with Crippen molar-refractivity contribution in [3.8, 4) is 0 Å². The van der Waals surface area contributed by atoms with E-state index in [1.54, 1.807) is 17.8 Å². The summed E-state index contributed by atoms with van der Waals surface area (Å²) >= 11 is 0. The van der Waals surface area contributed by atoms with E-state index in [0.29, 0.717) is 11.4 Å². The number of ketones is 1. The number of aliphatic hydroxyl groups is 1. The van der Waals surface area contributed by atoms with Crippen molar-refractivity contribution in [1.82, 2.24) is 20.2 Å². The van der Waals surface area contributed by atoms with Crippen LogP contribution in [-0.4, -0.2) is 50.3 Å². The second kappa shape index (κ2) is 10.9. The molecule has 2 aromatic carbocycles. The van der Waals surface area contributed by atoms with Gasteiger partial charge in [-0.3, -0.25) is 9.59 Å². The number of carbonyl (C=O) groups excluding carboxylic acids is 2. The van der Waals surface area contributed by atoms with Crippen molar-refractivity contribution in [2.24, 2.45) is 7.05 Å². The second-order valence-corrected chi connectivity index (χ2v) is 7.07. The molecule has 164 valence electrons. The molecule has 0 bridgehead atoms. The van der Waals surface area contributed by atoms with Crippen LogP contribution in [0.25, 0.3) is 11.1 Å². The van der Waals surface area contributed by atoms with E-state index in [1.165, 1.54) is 13.2 Å². The van der Waals surface area contributed by atoms with Gasteiger partial charge in [0, 0.05) is 19.0 Å². The fourth-order valence-corrected chi connectivity index (χ4v) is 3.23. The van der Waals surface area contributed by atoms with Gasteiger partial charge in [0.2, 0.25) is 0 Å². The van der Waals surface area contributed by atoms with Crippen LogP contribution in [-0.2, 0) is 21.4 Å². The summed E-state index contributed by atoms with van der Waals surface area (Å²) < 4.78 is 6.04. The number of aromatic nitrogens is 4. The number of methoxy groups -OCH3 is 1. The number of hydrogen-bond acceptors (Lipinski definition) is 7. The molecular formula is C24H24N4O4. The molecule has 8 nitrogen and oxygen atoms in total.